The van der Waals surface area contributed by atoms with Crippen molar-refractivity contribution in [3.05, 3.63) is 59.7 Å². The van der Waals surface area contributed by atoms with Crippen molar-refractivity contribution in [3.8, 4) is 11.5 Å². The molecule has 0 heterocycles. The van der Waals surface area contributed by atoms with Gasteiger partial charge >= 0.3 is 0 Å². The van der Waals surface area contributed by atoms with Crippen LogP contribution in [0.1, 0.15) is 18.1 Å². The molecule has 0 saturated heterocycles. The van der Waals surface area contributed by atoms with Crippen LogP contribution in [0.5, 0.6) is 11.5 Å². The minimum Gasteiger partial charge on any atom is -0.450 e. The van der Waals surface area contributed by atoms with E-state index >= 15 is 0 Å². The second-order valence-corrected chi connectivity index (χ2v) is 5.89. The summed E-state index contributed by atoms with van der Waals surface area (Å²) in [5.41, 5.74) is 1.62. The van der Waals surface area contributed by atoms with E-state index < -0.39 is 5.53 Å². The topological polar surface area (TPSA) is 18.5 Å². The second-order valence-electron chi connectivity index (χ2n) is 4.85. The van der Waals surface area contributed by atoms with Crippen molar-refractivity contribution in [1.82, 2.24) is 0 Å². The molecule has 0 aliphatic carbocycles. The number of rotatable bonds is 4. The molecule has 3 heteroatoms. The predicted molar refractivity (Wildman–Crippen MR) is 81.7 cm³/mol. The third-order valence-electron chi connectivity index (χ3n) is 2.68. The summed E-state index contributed by atoms with van der Waals surface area (Å²) >= 11 is 0. The fourth-order valence-electron chi connectivity index (χ4n) is 1.70. The van der Waals surface area contributed by atoms with Crippen molar-refractivity contribution < 1.29 is 9.47 Å². The summed E-state index contributed by atoms with van der Waals surface area (Å²) < 4.78 is 11.7. The Morgan fingerprint density at radius 1 is 0.737 bits per heavy atom. The zero-order valence-corrected chi connectivity index (χ0v) is 12.7. The summed E-state index contributed by atoms with van der Waals surface area (Å²) in [4.78, 5) is 0. The molecule has 1 atom stereocenters. The Morgan fingerprint density at radius 2 is 1.05 bits per heavy atom. The van der Waals surface area contributed by atoms with E-state index in [0.29, 0.717) is 0 Å². The van der Waals surface area contributed by atoms with Gasteiger partial charge in [0.05, 0.1) is 0 Å². The van der Waals surface area contributed by atoms with Crippen LogP contribution < -0.4 is 9.47 Å². The van der Waals surface area contributed by atoms with Gasteiger partial charge in [-0.1, -0.05) is 35.4 Å². The predicted octanol–water partition coefficient (Wildman–Crippen LogP) is 4.31. The lowest BCUT2D eigenvalue weighted by Gasteiger charge is -2.27. The average Bonchev–Trinajstić information content (AvgIpc) is 2.34. The lowest BCUT2D eigenvalue weighted by Crippen LogP contribution is -2.31. The van der Waals surface area contributed by atoms with Crippen molar-refractivity contribution in [1.29, 1.82) is 0 Å². The second kappa shape index (κ2) is 5.63. The van der Waals surface area contributed by atoms with Crippen LogP contribution in [-0.2, 0) is 0 Å². The fraction of sp³-hybridized carbons (Fsp3) is 0.250. The van der Waals surface area contributed by atoms with Gasteiger partial charge in [-0.2, -0.15) is 0 Å². The third-order valence-corrected chi connectivity index (χ3v) is 2.92. The van der Waals surface area contributed by atoms with Crippen LogP contribution in [0.2, 0.25) is 0 Å². The van der Waals surface area contributed by atoms with Crippen LogP contribution in [0, 0.1) is 13.8 Å². The molecule has 0 radical (unpaired) electrons. The molecule has 0 fully saturated rings. The quantitative estimate of drug-likeness (QED) is 0.611. The maximum atomic E-state index is 5.83. The maximum Gasteiger partial charge on any atom is 0.259 e. The van der Waals surface area contributed by atoms with E-state index in [0.717, 1.165) is 11.5 Å². The normalized spacial score (nSPS) is 11.2. The first-order chi connectivity index (χ1) is 8.94. The van der Waals surface area contributed by atoms with Crippen molar-refractivity contribution in [3.63, 3.8) is 0 Å². The molecule has 2 nitrogen and oxygen atoms in total. The first-order valence-electron chi connectivity index (χ1n) is 6.25. The number of benzene rings is 2. The molecule has 2 aromatic rings. The summed E-state index contributed by atoms with van der Waals surface area (Å²) in [6.07, 6.45) is 0. The third kappa shape index (κ3) is 4.25. The van der Waals surface area contributed by atoms with Crippen LogP contribution in [0.25, 0.3) is 0 Å². The lowest BCUT2D eigenvalue weighted by atomic mass is 10.2. The Labute approximate surface area is 117 Å². The largest absolute Gasteiger partial charge is 0.450 e. The average molecular weight is 274 g/mol. The monoisotopic (exact) mass is 274 g/mol. The van der Waals surface area contributed by atoms with E-state index in [4.69, 9.17) is 9.47 Å². The molecule has 0 saturated carbocycles. The van der Waals surface area contributed by atoms with Crippen LogP contribution >= 0.6 is 9.24 Å². The van der Waals surface area contributed by atoms with Crippen molar-refractivity contribution >= 4 is 9.24 Å². The van der Waals surface area contributed by atoms with Gasteiger partial charge in [0, 0.05) is 6.92 Å². The van der Waals surface area contributed by atoms with Gasteiger partial charge in [-0.25, -0.2) is 0 Å². The summed E-state index contributed by atoms with van der Waals surface area (Å²) in [7, 11) is 2.59. The first kappa shape index (κ1) is 13.9. The smallest absolute Gasteiger partial charge is 0.259 e. The van der Waals surface area contributed by atoms with Gasteiger partial charge in [0.1, 0.15) is 11.5 Å². The van der Waals surface area contributed by atoms with Crippen LogP contribution in [-0.4, -0.2) is 5.53 Å². The Hall–Kier alpha value is -1.53. The molecule has 0 N–H and O–H groups in total. The van der Waals surface area contributed by atoms with Crippen LogP contribution in [0.15, 0.2) is 48.5 Å². The Kier molecular flexibility index (Phi) is 4.11. The van der Waals surface area contributed by atoms with Gasteiger partial charge < -0.3 is 9.47 Å². The van der Waals surface area contributed by atoms with E-state index in [9.17, 15) is 0 Å². The van der Waals surface area contributed by atoms with E-state index in [1.807, 2.05) is 69.3 Å². The van der Waals surface area contributed by atoms with Gasteiger partial charge in [0.25, 0.3) is 5.53 Å². The highest BCUT2D eigenvalue weighted by Gasteiger charge is 2.21. The SMILES string of the molecule is Cc1ccc(OC(C)(P)Oc2ccc(C)cc2)cc1. The van der Waals surface area contributed by atoms with E-state index in [2.05, 4.69) is 9.24 Å². The van der Waals surface area contributed by atoms with Crippen molar-refractivity contribution in [2.45, 2.75) is 26.3 Å². The minimum absolute atomic E-state index is 0.787. The van der Waals surface area contributed by atoms with Gasteiger partial charge in [0.2, 0.25) is 0 Å². The molecule has 2 rings (SSSR count). The minimum atomic E-state index is -0.787. The highest BCUT2D eigenvalue weighted by Crippen LogP contribution is 2.28. The molecule has 0 aromatic heterocycles. The summed E-state index contributed by atoms with van der Waals surface area (Å²) in [6, 6.07) is 15.8. The molecule has 0 bridgehead atoms. The molecular formula is C16H19O2P. The highest BCUT2D eigenvalue weighted by atomic mass is 31.0. The number of aryl methyl sites for hydroxylation is 2. The van der Waals surface area contributed by atoms with Crippen molar-refractivity contribution in [2.75, 3.05) is 0 Å². The van der Waals surface area contributed by atoms with Crippen LogP contribution in [0.3, 0.4) is 0 Å². The molecular weight excluding hydrogens is 255 g/mol. The zero-order chi connectivity index (χ0) is 13.9. The Morgan fingerprint density at radius 3 is 1.37 bits per heavy atom. The first-order valence-corrected chi connectivity index (χ1v) is 6.83. The molecule has 0 aliphatic heterocycles. The highest BCUT2D eigenvalue weighted by molar-refractivity contribution is 7.18. The van der Waals surface area contributed by atoms with Crippen molar-refractivity contribution in [2.24, 2.45) is 0 Å². The number of ether oxygens (including phenoxy) is 2. The fourth-order valence-corrected chi connectivity index (χ4v) is 1.97. The molecule has 0 aliphatic rings. The van der Waals surface area contributed by atoms with Gasteiger partial charge in [-0.15, -0.1) is 0 Å². The standard InChI is InChI=1S/C16H19O2P/c1-12-4-8-14(9-5-12)17-16(3,19)18-15-10-6-13(2)7-11-15/h4-11H,19H2,1-3H3. The summed E-state index contributed by atoms with van der Waals surface area (Å²) in [5.74, 6) is 1.57. The summed E-state index contributed by atoms with van der Waals surface area (Å²) in [5, 5.41) is 0. The maximum absolute atomic E-state index is 5.83. The van der Waals surface area contributed by atoms with E-state index in [-0.39, 0.29) is 0 Å². The molecule has 0 amide bonds. The van der Waals surface area contributed by atoms with E-state index in [1.165, 1.54) is 11.1 Å². The number of hydrogen-bond donors (Lipinski definition) is 0. The van der Waals surface area contributed by atoms with Gasteiger partial charge in [-0.3, -0.25) is 0 Å². The molecule has 19 heavy (non-hydrogen) atoms. The lowest BCUT2D eigenvalue weighted by molar-refractivity contribution is -0.0140. The van der Waals surface area contributed by atoms with Crippen LogP contribution in [0.4, 0.5) is 0 Å². The summed E-state index contributed by atoms with van der Waals surface area (Å²) in [6.45, 7) is 5.97. The zero-order valence-electron chi connectivity index (χ0n) is 11.5. The molecule has 2 aromatic carbocycles. The molecule has 1 unspecified atom stereocenters. The van der Waals surface area contributed by atoms with Gasteiger partial charge in [-0.05, 0) is 47.4 Å². The Balaban J connectivity index is 2.05. The Bertz CT molecular complexity index is 480. The molecule has 0 spiro atoms. The van der Waals surface area contributed by atoms with Gasteiger partial charge in [0.15, 0.2) is 0 Å². The molecule has 100 valence electrons. The number of hydrogen-bond acceptors (Lipinski definition) is 2. The van der Waals surface area contributed by atoms with E-state index in [1.54, 1.807) is 0 Å².